The van der Waals surface area contributed by atoms with Crippen molar-refractivity contribution >= 4 is 11.6 Å². The third-order valence-corrected chi connectivity index (χ3v) is 1.95. The molecule has 3 nitrogen and oxygen atoms in total. The van der Waals surface area contributed by atoms with Crippen molar-refractivity contribution < 1.29 is 9.18 Å². The fourth-order valence-corrected chi connectivity index (χ4v) is 1.06. The van der Waals surface area contributed by atoms with Gasteiger partial charge in [-0.2, -0.15) is 0 Å². The Bertz CT molecular complexity index is 390. The van der Waals surface area contributed by atoms with E-state index in [1.165, 1.54) is 12.1 Å². The molecule has 1 amide bonds. The number of nitrogens with one attached hydrogen (secondary N) is 1. The van der Waals surface area contributed by atoms with E-state index in [0.717, 1.165) is 6.07 Å². The first-order valence-electron chi connectivity index (χ1n) is 4.53. The van der Waals surface area contributed by atoms with Crippen molar-refractivity contribution in [2.75, 3.05) is 5.73 Å². The predicted octanol–water partition coefficient (Wildman–Crippen LogP) is 1.71. The summed E-state index contributed by atoms with van der Waals surface area (Å²) < 4.78 is 13.3. The largest absolute Gasteiger partial charge is 0.399 e. The minimum Gasteiger partial charge on any atom is -0.399 e. The van der Waals surface area contributed by atoms with E-state index in [1.54, 1.807) is 13.0 Å². The molecule has 0 spiro atoms. The van der Waals surface area contributed by atoms with Crippen LogP contribution in [0.5, 0.6) is 0 Å². The molecule has 4 heteroatoms. The van der Waals surface area contributed by atoms with Crippen LogP contribution < -0.4 is 11.1 Å². The molecule has 15 heavy (non-hydrogen) atoms. The van der Waals surface area contributed by atoms with Crippen molar-refractivity contribution in [3.8, 4) is 0 Å². The number of hydrogen-bond acceptors (Lipinski definition) is 2. The van der Waals surface area contributed by atoms with Crippen LogP contribution in [-0.2, 0) is 0 Å². The van der Waals surface area contributed by atoms with E-state index in [-0.39, 0.29) is 11.6 Å². The van der Waals surface area contributed by atoms with Crippen LogP contribution in [0.1, 0.15) is 17.3 Å². The van der Waals surface area contributed by atoms with Crippen molar-refractivity contribution in [1.29, 1.82) is 0 Å². The van der Waals surface area contributed by atoms with Gasteiger partial charge in [0.25, 0.3) is 5.91 Å². The molecule has 3 N–H and O–H groups in total. The van der Waals surface area contributed by atoms with Crippen molar-refractivity contribution in [1.82, 2.24) is 5.32 Å². The summed E-state index contributed by atoms with van der Waals surface area (Å²) in [5, 5.41) is 2.57. The lowest BCUT2D eigenvalue weighted by Gasteiger charge is -2.09. The Hall–Kier alpha value is -1.84. The van der Waals surface area contributed by atoms with Crippen LogP contribution in [0, 0.1) is 5.82 Å². The van der Waals surface area contributed by atoms with Gasteiger partial charge < -0.3 is 11.1 Å². The number of halogens is 1. The van der Waals surface area contributed by atoms with Gasteiger partial charge in [0.15, 0.2) is 0 Å². The summed E-state index contributed by atoms with van der Waals surface area (Å²) >= 11 is 0. The van der Waals surface area contributed by atoms with Gasteiger partial charge in [-0.3, -0.25) is 4.79 Å². The second-order valence-corrected chi connectivity index (χ2v) is 3.24. The van der Waals surface area contributed by atoms with Crippen LogP contribution in [0.4, 0.5) is 10.1 Å². The zero-order valence-corrected chi connectivity index (χ0v) is 8.46. The molecule has 0 saturated heterocycles. The number of benzene rings is 1. The summed E-state index contributed by atoms with van der Waals surface area (Å²) in [6.45, 7) is 5.27. The monoisotopic (exact) mass is 208 g/mol. The molecule has 1 rings (SSSR count). The van der Waals surface area contributed by atoms with Crippen LogP contribution in [0.3, 0.4) is 0 Å². The lowest BCUT2D eigenvalue weighted by Crippen LogP contribution is -2.31. The van der Waals surface area contributed by atoms with Gasteiger partial charge in [0.05, 0.1) is 5.56 Å². The SMILES string of the molecule is C=CC(C)NC(=O)c1ccc(N)cc1F. The highest BCUT2D eigenvalue weighted by Crippen LogP contribution is 2.11. The molecule has 1 aromatic rings. The summed E-state index contributed by atoms with van der Waals surface area (Å²) in [4.78, 5) is 11.5. The quantitative estimate of drug-likeness (QED) is 0.587. The second kappa shape index (κ2) is 4.59. The number of carbonyl (C=O) groups excluding carboxylic acids is 1. The summed E-state index contributed by atoms with van der Waals surface area (Å²) in [5.41, 5.74) is 5.64. The van der Waals surface area contributed by atoms with Crippen LogP contribution in [0.25, 0.3) is 0 Å². The Kier molecular flexibility index (Phi) is 3.44. The van der Waals surface area contributed by atoms with Crippen molar-refractivity contribution in [3.63, 3.8) is 0 Å². The van der Waals surface area contributed by atoms with Crippen molar-refractivity contribution in [2.24, 2.45) is 0 Å². The topological polar surface area (TPSA) is 55.1 Å². The molecular weight excluding hydrogens is 195 g/mol. The average Bonchev–Trinajstić information content (AvgIpc) is 2.17. The third-order valence-electron chi connectivity index (χ3n) is 1.95. The minimum atomic E-state index is -0.622. The maximum atomic E-state index is 13.3. The van der Waals surface area contributed by atoms with Gasteiger partial charge in [0.2, 0.25) is 0 Å². The molecule has 0 fully saturated rings. The molecule has 0 aromatic heterocycles. The maximum absolute atomic E-state index is 13.3. The zero-order valence-electron chi connectivity index (χ0n) is 8.46. The lowest BCUT2D eigenvalue weighted by atomic mass is 10.1. The molecule has 1 unspecified atom stereocenters. The Morgan fingerprint density at radius 2 is 2.33 bits per heavy atom. The number of nitrogen functional groups attached to an aromatic ring is 1. The average molecular weight is 208 g/mol. The number of hydrogen-bond donors (Lipinski definition) is 2. The predicted molar refractivity (Wildman–Crippen MR) is 57.9 cm³/mol. The van der Waals surface area contributed by atoms with E-state index in [4.69, 9.17) is 5.73 Å². The normalized spacial score (nSPS) is 11.9. The molecule has 0 saturated carbocycles. The van der Waals surface area contributed by atoms with E-state index in [1.807, 2.05) is 0 Å². The smallest absolute Gasteiger partial charge is 0.254 e. The fraction of sp³-hybridized carbons (Fsp3) is 0.182. The molecule has 0 radical (unpaired) electrons. The number of anilines is 1. The number of nitrogens with two attached hydrogens (primary N) is 1. The molecule has 0 aliphatic carbocycles. The molecule has 0 aliphatic rings. The van der Waals surface area contributed by atoms with E-state index in [0.29, 0.717) is 5.69 Å². The van der Waals surface area contributed by atoms with Crippen LogP contribution in [0.15, 0.2) is 30.9 Å². The Morgan fingerprint density at radius 1 is 1.67 bits per heavy atom. The minimum absolute atomic E-state index is 0.0158. The van der Waals surface area contributed by atoms with Gasteiger partial charge >= 0.3 is 0 Å². The van der Waals surface area contributed by atoms with Crippen molar-refractivity contribution in [3.05, 3.63) is 42.2 Å². The summed E-state index contributed by atoms with van der Waals surface area (Å²) in [6.07, 6.45) is 1.56. The Labute approximate surface area is 87.8 Å². The van der Waals surface area contributed by atoms with E-state index < -0.39 is 11.7 Å². The Balaban J connectivity index is 2.87. The first kappa shape index (κ1) is 11.2. The van der Waals surface area contributed by atoms with Gasteiger partial charge in [-0.05, 0) is 25.1 Å². The van der Waals surface area contributed by atoms with Gasteiger partial charge in [0.1, 0.15) is 5.82 Å². The first-order valence-corrected chi connectivity index (χ1v) is 4.53. The highest BCUT2D eigenvalue weighted by molar-refractivity contribution is 5.95. The van der Waals surface area contributed by atoms with E-state index >= 15 is 0 Å². The molecule has 0 aliphatic heterocycles. The van der Waals surface area contributed by atoms with E-state index in [2.05, 4.69) is 11.9 Å². The summed E-state index contributed by atoms with van der Waals surface area (Å²) in [6, 6.07) is 3.76. The van der Waals surface area contributed by atoms with Gasteiger partial charge in [-0.1, -0.05) is 6.08 Å². The van der Waals surface area contributed by atoms with Crippen LogP contribution in [-0.4, -0.2) is 11.9 Å². The number of carbonyl (C=O) groups is 1. The summed E-state index contributed by atoms with van der Waals surface area (Å²) in [5.74, 6) is -1.09. The lowest BCUT2D eigenvalue weighted by molar-refractivity contribution is 0.0943. The standard InChI is InChI=1S/C11H13FN2O/c1-3-7(2)14-11(15)9-5-4-8(13)6-10(9)12/h3-7H,1,13H2,2H3,(H,14,15). The highest BCUT2D eigenvalue weighted by Gasteiger charge is 2.12. The van der Waals surface area contributed by atoms with Gasteiger partial charge in [-0.15, -0.1) is 6.58 Å². The second-order valence-electron chi connectivity index (χ2n) is 3.24. The van der Waals surface area contributed by atoms with Crippen LogP contribution >= 0.6 is 0 Å². The van der Waals surface area contributed by atoms with Crippen molar-refractivity contribution in [2.45, 2.75) is 13.0 Å². The highest BCUT2D eigenvalue weighted by atomic mass is 19.1. The molecular formula is C11H13FN2O. The molecule has 1 aromatic carbocycles. The Morgan fingerprint density at radius 3 is 2.87 bits per heavy atom. The molecule has 80 valence electrons. The van der Waals surface area contributed by atoms with Gasteiger partial charge in [0, 0.05) is 11.7 Å². The van der Waals surface area contributed by atoms with Gasteiger partial charge in [-0.25, -0.2) is 4.39 Å². The third kappa shape index (κ3) is 2.80. The maximum Gasteiger partial charge on any atom is 0.254 e. The molecule has 1 atom stereocenters. The number of rotatable bonds is 3. The molecule has 0 heterocycles. The molecule has 0 bridgehead atoms. The zero-order chi connectivity index (χ0) is 11.4. The fourth-order valence-electron chi connectivity index (χ4n) is 1.06. The van der Waals surface area contributed by atoms with E-state index in [9.17, 15) is 9.18 Å². The summed E-state index contributed by atoms with van der Waals surface area (Å²) in [7, 11) is 0. The van der Waals surface area contributed by atoms with Crippen LogP contribution in [0.2, 0.25) is 0 Å². The number of amides is 1. The first-order chi connectivity index (χ1) is 7.04.